The maximum absolute atomic E-state index is 13.6. The lowest BCUT2D eigenvalue weighted by Crippen LogP contribution is -2.19. The zero-order chi connectivity index (χ0) is 32.4. The van der Waals surface area contributed by atoms with Gasteiger partial charge in [0.05, 0.1) is 43.5 Å². The Bertz CT molecular complexity index is 1730. The topological polar surface area (TPSA) is 124 Å². The molecule has 236 valence electrons. The Labute approximate surface area is 278 Å². The quantitative estimate of drug-likeness (QED) is 0.161. The maximum atomic E-state index is 13.6. The zero-order valence-corrected chi connectivity index (χ0v) is 28.6. The van der Waals surface area contributed by atoms with Crippen LogP contribution in [0.15, 0.2) is 50.9 Å². The van der Waals surface area contributed by atoms with Gasteiger partial charge in [0.1, 0.15) is 5.69 Å². The number of anilines is 1. The van der Waals surface area contributed by atoms with Crippen molar-refractivity contribution in [1.82, 2.24) is 4.98 Å². The van der Waals surface area contributed by atoms with Crippen LogP contribution < -0.4 is 5.32 Å². The summed E-state index contributed by atoms with van der Waals surface area (Å²) in [6.07, 6.45) is 0.0248. The molecule has 2 atom stereocenters. The third-order valence-corrected chi connectivity index (χ3v) is 9.25. The van der Waals surface area contributed by atoms with E-state index in [1.807, 2.05) is 43.3 Å². The number of esters is 3. The number of hydrogen-bond acceptors (Lipinski definition) is 7. The van der Waals surface area contributed by atoms with Crippen LogP contribution in [-0.4, -0.2) is 48.6 Å². The van der Waals surface area contributed by atoms with Crippen molar-refractivity contribution in [1.29, 1.82) is 0 Å². The van der Waals surface area contributed by atoms with Crippen molar-refractivity contribution < 1.29 is 33.4 Å². The fraction of sp³-hybridized carbons (Fsp3) is 0.353. The average Bonchev–Trinajstić information content (AvgIpc) is 3.60. The van der Waals surface area contributed by atoms with Crippen LogP contribution in [0.2, 0.25) is 0 Å². The fourth-order valence-corrected chi connectivity index (χ4v) is 7.82. The minimum Gasteiger partial charge on any atom is -0.466 e. The van der Waals surface area contributed by atoms with E-state index in [0.29, 0.717) is 16.8 Å². The Morgan fingerprint density at radius 1 is 0.867 bits per heavy atom. The molecule has 0 fully saturated rings. The lowest BCUT2D eigenvalue weighted by atomic mass is 9.80. The summed E-state index contributed by atoms with van der Waals surface area (Å²) in [4.78, 5) is 55.7. The van der Waals surface area contributed by atoms with Crippen molar-refractivity contribution in [2.75, 3.05) is 25.1 Å². The standard InChI is InChI=1S/C34H34Br2N2O7/c1-5-43-25(39)13-12-21-22(16-26(40)44-6-2)31(37-32(21)34(42)45-7-3)28-17(4)27(19-10-8-9-11-20(19)28)29-23-14-18(35)15-24(36)30(23)38-33(29)41/h8-11,14-15,27,29,37H,5-7,12-13,16H2,1-4H3,(H,38,41). The minimum absolute atomic E-state index is 0.00733. The number of aromatic nitrogens is 1. The first-order chi connectivity index (χ1) is 21.6. The molecule has 0 saturated carbocycles. The van der Waals surface area contributed by atoms with Gasteiger partial charge in [-0.2, -0.15) is 0 Å². The van der Waals surface area contributed by atoms with Gasteiger partial charge in [-0.1, -0.05) is 45.8 Å². The molecular weight excluding hydrogens is 708 g/mol. The molecule has 1 aromatic heterocycles. The molecule has 0 radical (unpaired) electrons. The monoisotopic (exact) mass is 740 g/mol. The van der Waals surface area contributed by atoms with Crippen LogP contribution in [0.5, 0.6) is 0 Å². The summed E-state index contributed by atoms with van der Waals surface area (Å²) in [5, 5.41) is 3.05. The van der Waals surface area contributed by atoms with E-state index < -0.39 is 23.8 Å². The SMILES string of the molecule is CCOC(=O)CCc1c(C(=O)OCC)[nH]c(C2=C(C)C(C3C(=O)Nc4c(Br)cc(Br)cc43)c3ccccc32)c1CC(=O)OCC. The lowest BCUT2D eigenvalue weighted by Gasteiger charge is -2.21. The summed E-state index contributed by atoms with van der Waals surface area (Å²) in [5.74, 6) is -2.44. The van der Waals surface area contributed by atoms with Crippen molar-refractivity contribution >= 4 is 66.9 Å². The van der Waals surface area contributed by atoms with Crippen LogP contribution >= 0.6 is 31.9 Å². The summed E-state index contributed by atoms with van der Waals surface area (Å²) >= 11 is 7.17. The molecule has 45 heavy (non-hydrogen) atoms. The molecular formula is C34H34Br2N2O7. The van der Waals surface area contributed by atoms with E-state index in [1.165, 1.54) is 0 Å². The molecule has 2 unspecified atom stereocenters. The van der Waals surface area contributed by atoms with E-state index in [4.69, 9.17) is 14.2 Å². The highest BCUT2D eigenvalue weighted by Crippen LogP contribution is 2.55. The predicted octanol–water partition coefficient (Wildman–Crippen LogP) is 6.97. The molecule has 2 aromatic carbocycles. The second kappa shape index (κ2) is 13.7. The maximum Gasteiger partial charge on any atom is 0.355 e. The largest absolute Gasteiger partial charge is 0.466 e. The molecule has 1 aliphatic carbocycles. The van der Waals surface area contributed by atoms with Gasteiger partial charge in [0.2, 0.25) is 5.91 Å². The molecule has 1 aliphatic heterocycles. The van der Waals surface area contributed by atoms with Crippen molar-refractivity contribution in [3.63, 3.8) is 0 Å². The van der Waals surface area contributed by atoms with Gasteiger partial charge in [-0.15, -0.1) is 0 Å². The number of allylic oxidation sites excluding steroid dienone is 1. The minimum atomic E-state index is -0.590. The molecule has 2 aliphatic rings. The van der Waals surface area contributed by atoms with Gasteiger partial charge in [-0.05, 0) is 90.0 Å². The van der Waals surface area contributed by atoms with Crippen LogP contribution in [-0.2, 0) is 41.4 Å². The summed E-state index contributed by atoms with van der Waals surface area (Å²) in [5.41, 5.74) is 6.92. The molecule has 5 rings (SSSR count). The first-order valence-corrected chi connectivity index (χ1v) is 16.5. The number of carbonyl (C=O) groups is 4. The van der Waals surface area contributed by atoms with E-state index in [9.17, 15) is 19.2 Å². The Morgan fingerprint density at radius 3 is 2.27 bits per heavy atom. The molecule has 0 spiro atoms. The van der Waals surface area contributed by atoms with Gasteiger partial charge in [0, 0.05) is 26.9 Å². The number of fused-ring (bicyclic) bond motifs is 2. The van der Waals surface area contributed by atoms with Crippen LogP contribution in [0.1, 0.15) is 90.0 Å². The second-order valence-electron chi connectivity index (χ2n) is 10.8. The molecule has 0 bridgehead atoms. The number of ether oxygens (including phenoxy) is 3. The van der Waals surface area contributed by atoms with Crippen LogP contribution in [0.3, 0.4) is 0 Å². The Kier molecular flexibility index (Phi) is 9.98. The summed E-state index contributed by atoms with van der Waals surface area (Å²) in [7, 11) is 0. The fourth-order valence-electron chi connectivity index (χ4n) is 6.46. The summed E-state index contributed by atoms with van der Waals surface area (Å²) < 4.78 is 17.5. The number of hydrogen-bond donors (Lipinski definition) is 2. The van der Waals surface area contributed by atoms with E-state index in [0.717, 1.165) is 42.5 Å². The molecule has 2 N–H and O–H groups in total. The Balaban J connectivity index is 1.73. The van der Waals surface area contributed by atoms with Crippen molar-refractivity contribution in [3.05, 3.63) is 90.1 Å². The first kappa shape index (κ1) is 32.7. The zero-order valence-electron chi connectivity index (χ0n) is 25.5. The van der Waals surface area contributed by atoms with Crippen LogP contribution in [0.4, 0.5) is 5.69 Å². The van der Waals surface area contributed by atoms with E-state index in [1.54, 1.807) is 20.8 Å². The van der Waals surface area contributed by atoms with Crippen molar-refractivity contribution in [2.24, 2.45) is 0 Å². The van der Waals surface area contributed by atoms with E-state index in [2.05, 4.69) is 42.2 Å². The molecule has 0 saturated heterocycles. The summed E-state index contributed by atoms with van der Waals surface area (Å²) in [6.45, 7) is 7.72. The number of halogens is 2. The number of nitrogens with one attached hydrogen (secondary N) is 2. The van der Waals surface area contributed by atoms with Gasteiger partial charge < -0.3 is 24.5 Å². The first-order valence-electron chi connectivity index (χ1n) is 14.9. The molecule has 11 heteroatoms. The van der Waals surface area contributed by atoms with Crippen LogP contribution in [0, 0.1) is 0 Å². The average molecular weight is 742 g/mol. The van der Waals surface area contributed by atoms with E-state index in [-0.39, 0.29) is 56.6 Å². The van der Waals surface area contributed by atoms with Crippen molar-refractivity contribution in [3.8, 4) is 0 Å². The summed E-state index contributed by atoms with van der Waals surface area (Å²) in [6, 6.07) is 11.7. The predicted molar refractivity (Wildman–Crippen MR) is 176 cm³/mol. The number of benzene rings is 2. The van der Waals surface area contributed by atoms with Gasteiger partial charge in [-0.25, -0.2) is 4.79 Å². The number of H-pyrrole nitrogens is 1. The molecule has 2 heterocycles. The van der Waals surface area contributed by atoms with Crippen LogP contribution in [0.25, 0.3) is 5.57 Å². The smallest absolute Gasteiger partial charge is 0.355 e. The van der Waals surface area contributed by atoms with Crippen molar-refractivity contribution in [2.45, 2.75) is 58.8 Å². The van der Waals surface area contributed by atoms with Gasteiger partial charge in [-0.3, -0.25) is 14.4 Å². The van der Waals surface area contributed by atoms with Gasteiger partial charge in [0.15, 0.2) is 0 Å². The number of aromatic amines is 1. The highest BCUT2D eigenvalue weighted by molar-refractivity contribution is 9.11. The number of amides is 1. The second-order valence-corrected chi connectivity index (χ2v) is 12.6. The highest BCUT2D eigenvalue weighted by atomic mass is 79.9. The number of carbonyl (C=O) groups excluding carboxylic acids is 4. The van der Waals surface area contributed by atoms with Gasteiger partial charge >= 0.3 is 17.9 Å². The third kappa shape index (κ3) is 6.24. The molecule has 1 amide bonds. The number of rotatable bonds is 11. The molecule has 3 aromatic rings. The Hall–Kier alpha value is -3.70. The Morgan fingerprint density at radius 2 is 1.56 bits per heavy atom. The van der Waals surface area contributed by atoms with E-state index >= 15 is 0 Å². The van der Waals surface area contributed by atoms with Gasteiger partial charge in [0.25, 0.3) is 0 Å². The highest BCUT2D eigenvalue weighted by Gasteiger charge is 2.44. The third-order valence-electron chi connectivity index (χ3n) is 8.17. The molecule has 9 nitrogen and oxygen atoms in total. The lowest BCUT2D eigenvalue weighted by molar-refractivity contribution is -0.143. The normalized spacial score (nSPS) is 16.7.